The van der Waals surface area contributed by atoms with E-state index in [0.717, 1.165) is 18.9 Å². The average Bonchev–Trinajstić information content (AvgIpc) is 3.02. The lowest BCUT2D eigenvalue weighted by molar-refractivity contribution is -0.249. The molecule has 8 heteroatoms. The first-order valence-corrected chi connectivity index (χ1v) is 9.78. The minimum atomic E-state index is -4.50. The zero-order chi connectivity index (χ0) is 19.7. The minimum Gasteiger partial charge on any atom is -0.492 e. The van der Waals surface area contributed by atoms with Gasteiger partial charge in [0.1, 0.15) is 23.5 Å². The molecule has 4 nitrogen and oxygen atoms in total. The second-order valence-corrected chi connectivity index (χ2v) is 9.05. The van der Waals surface area contributed by atoms with Gasteiger partial charge in [-0.2, -0.15) is 13.2 Å². The Hall–Kier alpha value is -1.83. The average molecular weight is 397 g/mol. The summed E-state index contributed by atoms with van der Waals surface area (Å²) in [5, 5.41) is 3.48. The summed E-state index contributed by atoms with van der Waals surface area (Å²) < 4.78 is 59.7. The number of hydrogen-bond donors (Lipinski definition) is 2. The van der Waals surface area contributed by atoms with Crippen LogP contribution >= 0.6 is 0 Å². The molecule has 0 radical (unpaired) electrons. The van der Waals surface area contributed by atoms with Gasteiger partial charge in [0, 0.05) is 18.2 Å². The van der Waals surface area contributed by atoms with Gasteiger partial charge in [-0.1, -0.05) is 0 Å². The van der Waals surface area contributed by atoms with Gasteiger partial charge in [-0.25, -0.2) is 9.37 Å². The third-order valence-electron chi connectivity index (χ3n) is 6.85. The third-order valence-corrected chi connectivity index (χ3v) is 6.85. The van der Waals surface area contributed by atoms with Crippen molar-refractivity contribution >= 4 is 11.0 Å². The maximum absolute atomic E-state index is 13.9. The van der Waals surface area contributed by atoms with E-state index in [2.05, 4.69) is 22.2 Å². The zero-order valence-corrected chi connectivity index (χ0v) is 15.6. The fraction of sp³-hybridized carbons (Fsp3) is 0.650. The van der Waals surface area contributed by atoms with Crippen LogP contribution in [0.2, 0.25) is 0 Å². The molecule has 2 aromatic rings. The number of benzene rings is 1. The van der Waals surface area contributed by atoms with Gasteiger partial charge in [-0.15, -0.1) is 0 Å². The highest BCUT2D eigenvalue weighted by Crippen LogP contribution is 2.74. The smallest absolute Gasteiger partial charge is 0.418 e. The van der Waals surface area contributed by atoms with Gasteiger partial charge in [0.25, 0.3) is 0 Å². The van der Waals surface area contributed by atoms with Gasteiger partial charge in [0.15, 0.2) is 0 Å². The molecule has 28 heavy (non-hydrogen) atoms. The highest BCUT2D eigenvalue weighted by atomic mass is 19.4. The summed E-state index contributed by atoms with van der Waals surface area (Å²) in [7, 11) is 0. The predicted octanol–water partition coefficient (Wildman–Crippen LogP) is 4.61. The highest BCUT2D eigenvalue weighted by Gasteiger charge is 2.71. The number of aromatic nitrogens is 2. The van der Waals surface area contributed by atoms with E-state index in [1.54, 1.807) is 6.07 Å². The maximum atomic E-state index is 13.9. The molecule has 3 unspecified atom stereocenters. The number of imidazole rings is 1. The quantitative estimate of drug-likeness (QED) is 0.741. The van der Waals surface area contributed by atoms with Gasteiger partial charge < -0.3 is 15.0 Å². The van der Waals surface area contributed by atoms with Crippen molar-refractivity contribution in [3.63, 3.8) is 0 Å². The molecule has 3 atom stereocenters. The molecule has 2 heterocycles. The standard InChI is InChI=1S/C20H23F4N3O/c1-11-2-12(18-7-19(21,8-18)9-18)3-13(27-11)6-28-14-4-15(20(22,23)24)17-16(5-14)25-10-26-17/h4-5,10-13,27H,2-3,6-9H2,1H3,(H,25,26). The van der Waals surface area contributed by atoms with Crippen LogP contribution in [0.4, 0.5) is 17.6 Å². The number of nitrogens with one attached hydrogen (secondary N) is 2. The van der Waals surface area contributed by atoms with E-state index in [1.807, 2.05) is 0 Å². The van der Waals surface area contributed by atoms with E-state index in [0.29, 0.717) is 30.7 Å². The fourth-order valence-electron chi connectivity index (χ4n) is 5.71. The van der Waals surface area contributed by atoms with Crippen LogP contribution in [0.3, 0.4) is 0 Å². The van der Waals surface area contributed by atoms with Crippen LogP contribution in [0, 0.1) is 11.3 Å². The molecule has 1 aromatic carbocycles. The second kappa shape index (κ2) is 5.84. The molecule has 1 aliphatic heterocycles. The van der Waals surface area contributed by atoms with Crippen molar-refractivity contribution in [2.75, 3.05) is 6.61 Å². The number of H-pyrrole nitrogens is 1. The topological polar surface area (TPSA) is 49.9 Å². The highest BCUT2D eigenvalue weighted by molar-refractivity contribution is 5.80. The number of piperidine rings is 1. The fourth-order valence-corrected chi connectivity index (χ4v) is 5.71. The molecule has 152 valence electrons. The number of alkyl halides is 4. The summed E-state index contributed by atoms with van der Waals surface area (Å²) in [6.45, 7) is 2.39. The van der Waals surface area contributed by atoms with Gasteiger partial charge in [-0.05, 0) is 56.4 Å². The Morgan fingerprint density at radius 2 is 1.96 bits per heavy atom. The van der Waals surface area contributed by atoms with Crippen molar-refractivity contribution in [2.24, 2.45) is 11.3 Å². The predicted molar refractivity (Wildman–Crippen MR) is 95.8 cm³/mol. The molecule has 3 saturated carbocycles. The van der Waals surface area contributed by atoms with Crippen molar-refractivity contribution in [2.45, 2.75) is 63.0 Å². The van der Waals surface area contributed by atoms with Crippen molar-refractivity contribution in [3.05, 3.63) is 24.0 Å². The lowest BCUT2D eigenvalue weighted by Gasteiger charge is -2.70. The number of rotatable bonds is 4. The molecule has 0 spiro atoms. The van der Waals surface area contributed by atoms with Crippen LogP contribution in [0.5, 0.6) is 5.75 Å². The first-order chi connectivity index (χ1) is 13.2. The van der Waals surface area contributed by atoms with Crippen LogP contribution in [0.1, 0.15) is 44.6 Å². The van der Waals surface area contributed by atoms with Crippen molar-refractivity contribution in [1.29, 1.82) is 0 Å². The Morgan fingerprint density at radius 1 is 1.21 bits per heavy atom. The summed E-state index contributed by atoms with van der Waals surface area (Å²) in [4.78, 5) is 6.50. The number of halogens is 4. The number of ether oxygens (including phenoxy) is 1. The van der Waals surface area contributed by atoms with E-state index >= 15 is 0 Å². The Kier molecular flexibility index (Phi) is 3.80. The number of fused-ring (bicyclic) bond motifs is 1. The Bertz CT molecular complexity index is 889. The summed E-state index contributed by atoms with van der Waals surface area (Å²) in [6.07, 6.45) is 0.676. The Balaban J connectivity index is 1.29. The molecule has 1 aromatic heterocycles. The van der Waals surface area contributed by atoms with E-state index in [9.17, 15) is 17.6 Å². The van der Waals surface area contributed by atoms with Crippen molar-refractivity contribution in [1.82, 2.24) is 15.3 Å². The van der Waals surface area contributed by atoms with E-state index in [4.69, 9.17) is 4.74 Å². The summed E-state index contributed by atoms with van der Waals surface area (Å²) in [5.74, 6) is 0.629. The Morgan fingerprint density at radius 3 is 2.64 bits per heavy atom. The molecular formula is C20H23F4N3O. The largest absolute Gasteiger partial charge is 0.492 e. The van der Waals surface area contributed by atoms with E-state index in [1.165, 1.54) is 6.33 Å². The molecule has 2 N–H and O–H groups in total. The SMILES string of the molecule is CC1CC(C23CC(F)(C2)C3)CC(COc2cc(C(F)(F)F)c3nc[nH]c3c2)N1. The Labute approximate surface area is 160 Å². The second-order valence-electron chi connectivity index (χ2n) is 9.05. The van der Waals surface area contributed by atoms with Crippen LogP contribution in [0.15, 0.2) is 18.5 Å². The lowest BCUT2D eigenvalue weighted by Crippen LogP contribution is -2.69. The molecule has 0 amide bonds. The van der Waals surface area contributed by atoms with Crippen LogP contribution < -0.4 is 10.1 Å². The van der Waals surface area contributed by atoms with E-state index < -0.39 is 17.4 Å². The monoisotopic (exact) mass is 397 g/mol. The number of nitrogens with zero attached hydrogens (tertiary/aromatic N) is 1. The first kappa shape index (κ1) is 18.2. The normalized spacial score (nSPS) is 37.4. The molecule has 4 fully saturated rings. The third kappa shape index (κ3) is 2.88. The first-order valence-electron chi connectivity index (χ1n) is 9.78. The molecule has 3 aliphatic carbocycles. The minimum absolute atomic E-state index is 0.0464. The summed E-state index contributed by atoms with van der Waals surface area (Å²) in [5.41, 5.74) is -1.36. The van der Waals surface area contributed by atoms with Crippen LogP contribution in [-0.2, 0) is 6.18 Å². The zero-order valence-electron chi connectivity index (χ0n) is 15.6. The number of hydrogen-bond acceptors (Lipinski definition) is 3. The van der Waals surface area contributed by atoms with Gasteiger partial charge in [0.2, 0.25) is 0 Å². The maximum Gasteiger partial charge on any atom is 0.418 e. The van der Waals surface area contributed by atoms with Crippen LogP contribution in [0.25, 0.3) is 11.0 Å². The van der Waals surface area contributed by atoms with Gasteiger partial charge >= 0.3 is 6.18 Å². The molecule has 1 saturated heterocycles. The van der Waals surface area contributed by atoms with Crippen molar-refractivity contribution in [3.8, 4) is 5.75 Å². The summed E-state index contributed by atoms with van der Waals surface area (Å²) in [6, 6.07) is 2.90. The van der Waals surface area contributed by atoms with Gasteiger partial charge in [-0.3, -0.25) is 0 Å². The molecular weight excluding hydrogens is 374 g/mol. The van der Waals surface area contributed by atoms with Crippen molar-refractivity contribution < 1.29 is 22.3 Å². The van der Waals surface area contributed by atoms with Gasteiger partial charge in [0.05, 0.1) is 17.4 Å². The number of aromatic amines is 1. The van der Waals surface area contributed by atoms with Crippen LogP contribution in [-0.4, -0.2) is 34.3 Å². The molecule has 4 aliphatic rings. The van der Waals surface area contributed by atoms with E-state index in [-0.39, 0.29) is 35.4 Å². The molecule has 2 bridgehead atoms. The summed E-state index contributed by atoms with van der Waals surface area (Å²) >= 11 is 0. The lowest BCUT2D eigenvalue weighted by atomic mass is 9.37. The molecule has 6 rings (SSSR count).